The molecule has 0 aliphatic carbocycles. The molecule has 1 amide bonds. The largest absolute Gasteiger partial charge is 0.351 e. The summed E-state index contributed by atoms with van der Waals surface area (Å²) in [5.41, 5.74) is 0. The van der Waals surface area contributed by atoms with E-state index in [-0.39, 0.29) is 23.9 Å². The van der Waals surface area contributed by atoms with Crippen LogP contribution in [-0.2, 0) is 4.79 Å². The van der Waals surface area contributed by atoms with Gasteiger partial charge in [0.1, 0.15) is 0 Å². The number of carbonyl (C=O) groups excluding carboxylic acids is 1. The molecule has 1 aromatic heterocycles. The first-order valence-electron chi connectivity index (χ1n) is 8.33. The molecule has 1 aromatic rings. The molecule has 0 bridgehead atoms. The second kappa shape index (κ2) is 8.09. The molecule has 0 unspecified atom stereocenters. The summed E-state index contributed by atoms with van der Waals surface area (Å²) in [6, 6.07) is 4.70. The Hall–Kier alpha value is -0.910. The number of thiophene rings is 1. The molecular formula is C17H29N3OS. The lowest BCUT2D eigenvalue weighted by Gasteiger charge is -2.41. The Balaban J connectivity index is 2.09. The number of amides is 1. The number of rotatable bonds is 6. The summed E-state index contributed by atoms with van der Waals surface area (Å²) < 4.78 is 0. The van der Waals surface area contributed by atoms with Crippen LogP contribution in [0.25, 0.3) is 0 Å². The Morgan fingerprint density at radius 2 is 1.95 bits per heavy atom. The number of hydrogen-bond donors (Lipinski definition) is 1. The first-order valence-corrected chi connectivity index (χ1v) is 9.21. The number of nitrogens with zero attached hydrogens (tertiary/aromatic N) is 2. The van der Waals surface area contributed by atoms with Gasteiger partial charge in [-0.3, -0.25) is 9.69 Å². The summed E-state index contributed by atoms with van der Waals surface area (Å²) in [5, 5.41) is 5.33. The fourth-order valence-corrected chi connectivity index (χ4v) is 3.99. The quantitative estimate of drug-likeness (QED) is 0.874. The van der Waals surface area contributed by atoms with Gasteiger partial charge in [-0.15, -0.1) is 11.3 Å². The summed E-state index contributed by atoms with van der Waals surface area (Å²) in [6.07, 6.45) is 0. The van der Waals surface area contributed by atoms with Crippen LogP contribution in [0.15, 0.2) is 17.5 Å². The van der Waals surface area contributed by atoms with Crippen LogP contribution >= 0.6 is 11.3 Å². The van der Waals surface area contributed by atoms with E-state index in [2.05, 4.69) is 46.5 Å². The predicted octanol–water partition coefficient (Wildman–Crippen LogP) is 2.59. The topological polar surface area (TPSA) is 35.6 Å². The van der Waals surface area contributed by atoms with Crippen LogP contribution in [0.2, 0.25) is 0 Å². The van der Waals surface area contributed by atoms with Crippen LogP contribution in [0.3, 0.4) is 0 Å². The highest BCUT2D eigenvalue weighted by Crippen LogP contribution is 2.29. The Morgan fingerprint density at radius 3 is 2.45 bits per heavy atom. The number of carbonyl (C=O) groups is 1. The molecular weight excluding hydrogens is 294 g/mol. The molecule has 1 aliphatic heterocycles. The summed E-state index contributed by atoms with van der Waals surface area (Å²) >= 11 is 1.79. The van der Waals surface area contributed by atoms with E-state index in [9.17, 15) is 4.79 Å². The fraction of sp³-hybridized carbons (Fsp3) is 0.706. The minimum atomic E-state index is 0.0309. The first kappa shape index (κ1) is 17.4. The van der Waals surface area contributed by atoms with Crippen LogP contribution in [-0.4, -0.2) is 54.5 Å². The van der Waals surface area contributed by atoms with Gasteiger partial charge in [0.05, 0.1) is 6.04 Å². The zero-order valence-electron chi connectivity index (χ0n) is 14.2. The van der Waals surface area contributed by atoms with Crippen molar-refractivity contribution in [1.82, 2.24) is 15.1 Å². The summed E-state index contributed by atoms with van der Waals surface area (Å²) in [6.45, 7) is 13.7. The van der Waals surface area contributed by atoms with Crippen molar-refractivity contribution < 1.29 is 4.79 Å². The third-order valence-electron chi connectivity index (χ3n) is 4.45. The standard InChI is InChI=1S/C17H29N3OS/c1-5-19-8-10-20(11-9-19)16(15-7-6-12-22-15)14(4)18-17(21)13(2)3/h6-7,12-14,16H,5,8-11H2,1-4H3,(H,18,21)/t14-,16+/m1/s1. The van der Waals surface area contributed by atoms with E-state index in [0.29, 0.717) is 0 Å². The monoisotopic (exact) mass is 323 g/mol. The van der Waals surface area contributed by atoms with Crippen molar-refractivity contribution in [2.24, 2.45) is 5.92 Å². The van der Waals surface area contributed by atoms with Gasteiger partial charge in [0.15, 0.2) is 0 Å². The second-order valence-electron chi connectivity index (χ2n) is 6.38. The van der Waals surface area contributed by atoms with E-state index >= 15 is 0 Å². The maximum absolute atomic E-state index is 12.1. The average molecular weight is 324 g/mol. The molecule has 1 aliphatic rings. The molecule has 124 valence electrons. The van der Waals surface area contributed by atoms with Crippen LogP contribution in [0.1, 0.15) is 38.6 Å². The van der Waals surface area contributed by atoms with E-state index < -0.39 is 0 Å². The van der Waals surface area contributed by atoms with Crippen molar-refractivity contribution in [2.75, 3.05) is 32.7 Å². The molecule has 1 saturated heterocycles. The lowest BCUT2D eigenvalue weighted by atomic mass is 10.0. The van der Waals surface area contributed by atoms with Gasteiger partial charge >= 0.3 is 0 Å². The molecule has 2 heterocycles. The number of hydrogen-bond acceptors (Lipinski definition) is 4. The fourth-order valence-electron chi connectivity index (χ4n) is 3.03. The van der Waals surface area contributed by atoms with Gasteiger partial charge in [0, 0.05) is 43.0 Å². The number of piperazine rings is 1. The maximum Gasteiger partial charge on any atom is 0.222 e. The third kappa shape index (κ3) is 4.31. The van der Waals surface area contributed by atoms with Gasteiger partial charge < -0.3 is 10.2 Å². The highest BCUT2D eigenvalue weighted by Gasteiger charge is 2.30. The van der Waals surface area contributed by atoms with Crippen molar-refractivity contribution in [3.8, 4) is 0 Å². The van der Waals surface area contributed by atoms with Crippen molar-refractivity contribution >= 4 is 17.2 Å². The Kier molecular flexibility index (Phi) is 6.41. The van der Waals surface area contributed by atoms with Crippen LogP contribution in [0, 0.1) is 5.92 Å². The highest BCUT2D eigenvalue weighted by atomic mass is 32.1. The van der Waals surface area contributed by atoms with Crippen LogP contribution < -0.4 is 5.32 Å². The zero-order chi connectivity index (χ0) is 16.1. The van der Waals surface area contributed by atoms with Gasteiger partial charge in [0.2, 0.25) is 5.91 Å². The zero-order valence-corrected chi connectivity index (χ0v) is 15.0. The minimum absolute atomic E-state index is 0.0309. The molecule has 2 rings (SSSR count). The molecule has 1 N–H and O–H groups in total. The first-order chi connectivity index (χ1) is 10.5. The van der Waals surface area contributed by atoms with Gasteiger partial charge in [0.25, 0.3) is 0 Å². The van der Waals surface area contributed by atoms with Crippen molar-refractivity contribution in [3.05, 3.63) is 22.4 Å². The van der Waals surface area contributed by atoms with E-state index in [1.807, 2.05) is 13.8 Å². The molecule has 0 spiro atoms. The van der Waals surface area contributed by atoms with Crippen molar-refractivity contribution in [2.45, 2.75) is 39.8 Å². The molecule has 0 aromatic carbocycles. The van der Waals surface area contributed by atoms with Crippen molar-refractivity contribution in [1.29, 1.82) is 0 Å². The molecule has 0 radical (unpaired) electrons. The Morgan fingerprint density at radius 1 is 1.27 bits per heavy atom. The molecule has 2 atom stereocenters. The van der Waals surface area contributed by atoms with E-state index in [1.165, 1.54) is 4.88 Å². The Bertz CT molecular complexity index is 452. The molecule has 4 nitrogen and oxygen atoms in total. The summed E-state index contributed by atoms with van der Waals surface area (Å²) in [5.74, 6) is 0.171. The van der Waals surface area contributed by atoms with Crippen LogP contribution in [0.5, 0.6) is 0 Å². The summed E-state index contributed by atoms with van der Waals surface area (Å²) in [4.78, 5) is 18.4. The van der Waals surface area contributed by atoms with E-state index in [4.69, 9.17) is 0 Å². The van der Waals surface area contributed by atoms with Crippen LogP contribution in [0.4, 0.5) is 0 Å². The van der Waals surface area contributed by atoms with Gasteiger partial charge in [-0.05, 0) is 24.9 Å². The number of nitrogens with one attached hydrogen (secondary N) is 1. The average Bonchev–Trinajstić information content (AvgIpc) is 3.02. The SMILES string of the molecule is CCN1CCN([C@H](c2cccs2)[C@@H](C)NC(=O)C(C)C)CC1. The van der Waals surface area contributed by atoms with E-state index in [1.54, 1.807) is 11.3 Å². The Labute approximate surface area is 138 Å². The summed E-state index contributed by atoms with van der Waals surface area (Å²) in [7, 11) is 0. The smallest absolute Gasteiger partial charge is 0.222 e. The van der Waals surface area contributed by atoms with Gasteiger partial charge in [-0.25, -0.2) is 0 Å². The molecule has 22 heavy (non-hydrogen) atoms. The molecule has 1 fully saturated rings. The van der Waals surface area contributed by atoms with Gasteiger partial charge in [-0.1, -0.05) is 26.8 Å². The minimum Gasteiger partial charge on any atom is -0.351 e. The second-order valence-corrected chi connectivity index (χ2v) is 7.36. The highest BCUT2D eigenvalue weighted by molar-refractivity contribution is 7.10. The molecule has 5 heteroatoms. The lowest BCUT2D eigenvalue weighted by Crippen LogP contribution is -2.52. The lowest BCUT2D eigenvalue weighted by molar-refractivity contribution is -0.125. The third-order valence-corrected chi connectivity index (χ3v) is 5.39. The van der Waals surface area contributed by atoms with Gasteiger partial charge in [-0.2, -0.15) is 0 Å². The maximum atomic E-state index is 12.1. The van der Waals surface area contributed by atoms with E-state index in [0.717, 1.165) is 32.7 Å². The normalized spacial score (nSPS) is 20.0. The van der Waals surface area contributed by atoms with Crippen molar-refractivity contribution in [3.63, 3.8) is 0 Å². The number of likely N-dealkylation sites (N-methyl/N-ethyl adjacent to an activating group) is 1. The molecule has 0 saturated carbocycles. The predicted molar refractivity (Wildman–Crippen MR) is 93.2 cm³/mol.